The Morgan fingerprint density at radius 1 is 1.04 bits per heavy atom. The van der Waals surface area contributed by atoms with Gasteiger partial charge in [0.25, 0.3) is 0 Å². The molecule has 0 unspecified atom stereocenters. The number of aromatic nitrogens is 5. The van der Waals surface area contributed by atoms with Gasteiger partial charge < -0.3 is 21.0 Å². The monoisotopic (exact) mass is 369 g/mol. The SMILES string of the molecule is Cc1nc2cc(Nc3nc(N)ncc3Cc3ccc4[nH]ccc4c3)ccc2[nH]1. The molecule has 5 N–H and O–H groups in total. The van der Waals surface area contributed by atoms with Crippen LogP contribution in [0.15, 0.2) is 54.9 Å². The van der Waals surface area contributed by atoms with Gasteiger partial charge in [-0.3, -0.25) is 0 Å². The highest BCUT2D eigenvalue weighted by molar-refractivity contribution is 5.81. The van der Waals surface area contributed by atoms with E-state index in [9.17, 15) is 0 Å². The van der Waals surface area contributed by atoms with E-state index >= 15 is 0 Å². The molecule has 0 bridgehead atoms. The van der Waals surface area contributed by atoms with Crippen molar-refractivity contribution < 1.29 is 0 Å². The summed E-state index contributed by atoms with van der Waals surface area (Å²) in [6.07, 6.45) is 4.43. The molecule has 0 aliphatic rings. The Labute approximate surface area is 161 Å². The zero-order chi connectivity index (χ0) is 19.1. The Bertz CT molecular complexity index is 1300. The lowest BCUT2D eigenvalue weighted by molar-refractivity contribution is 1.09. The summed E-state index contributed by atoms with van der Waals surface area (Å²) >= 11 is 0. The highest BCUT2D eigenvalue weighted by Crippen LogP contribution is 2.25. The van der Waals surface area contributed by atoms with Crippen LogP contribution in [0.4, 0.5) is 17.5 Å². The van der Waals surface area contributed by atoms with Crippen molar-refractivity contribution in [3.8, 4) is 0 Å². The Morgan fingerprint density at radius 2 is 1.93 bits per heavy atom. The number of fused-ring (bicyclic) bond motifs is 2. The van der Waals surface area contributed by atoms with Crippen LogP contribution in [0.5, 0.6) is 0 Å². The van der Waals surface area contributed by atoms with Crippen LogP contribution < -0.4 is 11.1 Å². The fraction of sp³-hybridized carbons (Fsp3) is 0.0952. The molecule has 5 aromatic rings. The van der Waals surface area contributed by atoms with Gasteiger partial charge in [-0.1, -0.05) is 6.07 Å². The standard InChI is InChI=1S/C21H19N7/c1-12-25-18-5-3-16(10-19(18)26-12)27-20-15(11-24-21(22)28-20)9-13-2-4-17-14(8-13)6-7-23-17/h2-8,10-11,23H,9H2,1H3,(H,25,26)(H3,22,24,27,28). The predicted molar refractivity (Wildman–Crippen MR) is 112 cm³/mol. The summed E-state index contributed by atoms with van der Waals surface area (Å²) in [7, 11) is 0. The van der Waals surface area contributed by atoms with E-state index in [2.05, 4.69) is 54.5 Å². The predicted octanol–water partition coefficient (Wildman–Crippen LogP) is 4.06. The smallest absolute Gasteiger partial charge is 0.221 e. The second kappa shape index (κ2) is 6.38. The van der Waals surface area contributed by atoms with E-state index in [0.29, 0.717) is 12.2 Å². The highest BCUT2D eigenvalue weighted by Gasteiger charge is 2.10. The summed E-state index contributed by atoms with van der Waals surface area (Å²) in [4.78, 5) is 19.5. The molecule has 0 spiro atoms. The quantitative estimate of drug-likeness (QED) is 0.382. The summed E-state index contributed by atoms with van der Waals surface area (Å²) < 4.78 is 0. The topological polar surface area (TPSA) is 108 Å². The Kier molecular flexibility index (Phi) is 3.72. The average Bonchev–Trinajstić information content (AvgIpc) is 3.28. The molecular weight excluding hydrogens is 350 g/mol. The molecule has 5 rings (SSSR count). The lowest BCUT2D eigenvalue weighted by Gasteiger charge is -2.12. The molecule has 0 saturated carbocycles. The van der Waals surface area contributed by atoms with E-state index < -0.39 is 0 Å². The molecule has 138 valence electrons. The van der Waals surface area contributed by atoms with Crippen molar-refractivity contribution in [3.63, 3.8) is 0 Å². The van der Waals surface area contributed by atoms with Gasteiger partial charge in [0.05, 0.1) is 11.0 Å². The third kappa shape index (κ3) is 3.03. The van der Waals surface area contributed by atoms with Crippen molar-refractivity contribution in [2.75, 3.05) is 11.1 Å². The van der Waals surface area contributed by atoms with E-state index in [1.807, 2.05) is 31.3 Å². The number of anilines is 3. The van der Waals surface area contributed by atoms with Crippen molar-refractivity contribution >= 4 is 39.4 Å². The molecule has 7 nitrogen and oxygen atoms in total. The van der Waals surface area contributed by atoms with Gasteiger partial charge in [0, 0.05) is 35.6 Å². The van der Waals surface area contributed by atoms with Crippen molar-refractivity contribution in [1.29, 1.82) is 0 Å². The van der Waals surface area contributed by atoms with Gasteiger partial charge in [0.2, 0.25) is 5.95 Å². The molecule has 0 radical (unpaired) electrons. The van der Waals surface area contributed by atoms with Crippen LogP contribution in [-0.2, 0) is 6.42 Å². The van der Waals surface area contributed by atoms with Crippen molar-refractivity contribution in [3.05, 3.63) is 71.8 Å². The van der Waals surface area contributed by atoms with Crippen LogP contribution in [0, 0.1) is 6.92 Å². The van der Waals surface area contributed by atoms with Gasteiger partial charge in [-0.15, -0.1) is 0 Å². The minimum Gasteiger partial charge on any atom is -0.368 e. The number of nitrogen functional groups attached to an aromatic ring is 1. The number of imidazole rings is 1. The number of nitrogens with one attached hydrogen (secondary N) is 3. The largest absolute Gasteiger partial charge is 0.368 e. The first-order valence-electron chi connectivity index (χ1n) is 9.05. The van der Waals surface area contributed by atoms with Gasteiger partial charge in [-0.05, 0) is 54.3 Å². The van der Waals surface area contributed by atoms with Gasteiger partial charge in [-0.2, -0.15) is 4.98 Å². The van der Waals surface area contributed by atoms with E-state index in [1.54, 1.807) is 6.20 Å². The van der Waals surface area contributed by atoms with E-state index in [4.69, 9.17) is 5.73 Å². The van der Waals surface area contributed by atoms with Gasteiger partial charge in [0.15, 0.2) is 0 Å². The van der Waals surface area contributed by atoms with E-state index in [0.717, 1.165) is 33.6 Å². The van der Waals surface area contributed by atoms with Crippen LogP contribution in [0.2, 0.25) is 0 Å². The van der Waals surface area contributed by atoms with Crippen molar-refractivity contribution in [2.45, 2.75) is 13.3 Å². The number of aromatic amines is 2. The van der Waals surface area contributed by atoms with Crippen molar-refractivity contribution in [2.24, 2.45) is 0 Å². The molecule has 3 heterocycles. The molecule has 7 heteroatoms. The first-order valence-corrected chi connectivity index (χ1v) is 9.05. The molecule has 0 aliphatic heterocycles. The second-order valence-corrected chi connectivity index (χ2v) is 6.86. The number of hydrogen-bond acceptors (Lipinski definition) is 5. The minimum atomic E-state index is 0.240. The summed E-state index contributed by atoms with van der Waals surface area (Å²) in [5, 5.41) is 4.56. The number of nitrogens with two attached hydrogens (primary N) is 1. The molecule has 0 fully saturated rings. The lowest BCUT2D eigenvalue weighted by atomic mass is 10.0. The first-order chi connectivity index (χ1) is 13.6. The molecule has 0 saturated heterocycles. The zero-order valence-electron chi connectivity index (χ0n) is 15.3. The molecule has 28 heavy (non-hydrogen) atoms. The first kappa shape index (κ1) is 16.3. The number of hydrogen-bond donors (Lipinski definition) is 4. The molecule has 0 aliphatic carbocycles. The molecule has 0 amide bonds. The molecule has 3 aromatic heterocycles. The normalized spacial score (nSPS) is 11.3. The Morgan fingerprint density at radius 3 is 2.86 bits per heavy atom. The van der Waals surface area contributed by atoms with Crippen LogP contribution in [0.25, 0.3) is 21.9 Å². The maximum atomic E-state index is 5.85. The number of rotatable bonds is 4. The molecular formula is C21H19N7. The van der Waals surface area contributed by atoms with Gasteiger partial charge in [-0.25, -0.2) is 9.97 Å². The average molecular weight is 369 g/mol. The summed E-state index contributed by atoms with van der Waals surface area (Å²) in [5.41, 5.74) is 11.9. The highest BCUT2D eigenvalue weighted by atomic mass is 15.1. The summed E-state index contributed by atoms with van der Waals surface area (Å²) in [5.74, 6) is 1.83. The number of benzene rings is 2. The van der Waals surface area contributed by atoms with Gasteiger partial charge in [0.1, 0.15) is 11.6 Å². The maximum Gasteiger partial charge on any atom is 0.221 e. The fourth-order valence-corrected chi connectivity index (χ4v) is 3.44. The fourth-order valence-electron chi connectivity index (χ4n) is 3.44. The Hall–Kier alpha value is -3.87. The van der Waals surface area contributed by atoms with Crippen LogP contribution in [-0.4, -0.2) is 24.9 Å². The molecule has 0 atom stereocenters. The summed E-state index contributed by atoms with van der Waals surface area (Å²) in [6.45, 7) is 1.94. The number of aryl methyl sites for hydroxylation is 1. The third-order valence-corrected chi connectivity index (χ3v) is 4.76. The van der Waals surface area contributed by atoms with Crippen LogP contribution in [0.3, 0.4) is 0 Å². The Balaban J connectivity index is 1.48. The van der Waals surface area contributed by atoms with Crippen molar-refractivity contribution in [1.82, 2.24) is 24.9 Å². The second-order valence-electron chi connectivity index (χ2n) is 6.86. The van der Waals surface area contributed by atoms with E-state index in [1.165, 1.54) is 10.9 Å². The van der Waals surface area contributed by atoms with Crippen LogP contribution in [0.1, 0.15) is 17.0 Å². The third-order valence-electron chi connectivity index (χ3n) is 4.76. The number of H-pyrrole nitrogens is 2. The lowest BCUT2D eigenvalue weighted by Crippen LogP contribution is -2.04. The van der Waals surface area contributed by atoms with Gasteiger partial charge >= 0.3 is 0 Å². The van der Waals surface area contributed by atoms with Crippen LogP contribution >= 0.6 is 0 Å². The van der Waals surface area contributed by atoms with E-state index in [-0.39, 0.29) is 5.95 Å². The number of nitrogens with zero attached hydrogens (tertiary/aromatic N) is 3. The maximum absolute atomic E-state index is 5.85. The molecule has 2 aromatic carbocycles. The minimum absolute atomic E-state index is 0.240. The summed E-state index contributed by atoms with van der Waals surface area (Å²) in [6, 6.07) is 14.4. The zero-order valence-corrected chi connectivity index (χ0v) is 15.3.